The Bertz CT molecular complexity index is 895. The minimum Gasteiger partial charge on any atom is -0.352 e. The molecular formula is C22H27N3O4. The van der Waals surface area contributed by atoms with Crippen LogP contribution in [0.2, 0.25) is 0 Å². The Morgan fingerprint density at radius 1 is 1.10 bits per heavy atom. The smallest absolute Gasteiger partial charge is 0.273 e. The first-order valence-electron chi connectivity index (χ1n) is 9.56. The number of hydrogen-bond acceptors (Lipinski definition) is 4. The van der Waals surface area contributed by atoms with Gasteiger partial charge in [0.1, 0.15) is 6.04 Å². The van der Waals surface area contributed by atoms with Gasteiger partial charge in [-0.2, -0.15) is 0 Å². The predicted molar refractivity (Wildman–Crippen MR) is 111 cm³/mol. The van der Waals surface area contributed by atoms with E-state index in [0.29, 0.717) is 5.56 Å². The van der Waals surface area contributed by atoms with Crippen LogP contribution in [0.1, 0.15) is 37.5 Å². The number of nitro groups is 1. The molecule has 154 valence electrons. The molecule has 7 heteroatoms. The largest absolute Gasteiger partial charge is 0.352 e. The molecule has 0 aliphatic heterocycles. The Morgan fingerprint density at radius 2 is 1.79 bits per heavy atom. The molecule has 1 atom stereocenters. The van der Waals surface area contributed by atoms with E-state index in [1.165, 1.54) is 11.0 Å². The van der Waals surface area contributed by atoms with Crippen molar-refractivity contribution in [2.45, 2.75) is 52.7 Å². The van der Waals surface area contributed by atoms with E-state index in [1.807, 2.05) is 45.0 Å². The molecule has 0 saturated heterocycles. The third kappa shape index (κ3) is 6.14. The first-order valence-corrected chi connectivity index (χ1v) is 9.56. The molecule has 2 rings (SSSR count). The minimum absolute atomic E-state index is 0.0592. The van der Waals surface area contributed by atoms with Crippen LogP contribution in [0.25, 0.3) is 0 Å². The molecular weight excluding hydrogens is 370 g/mol. The highest BCUT2D eigenvalue weighted by molar-refractivity contribution is 5.88. The predicted octanol–water partition coefficient (Wildman–Crippen LogP) is 3.39. The highest BCUT2D eigenvalue weighted by atomic mass is 16.6. The highest BCUT2D eigenvalue weighted by Gasteiger charge is 2.28. The molecule has 0 saturated carbocycles. The van der Waals surface area contributed by atoms with Gasteiger partial charge < -0.3 is 10.2 Å². The molecule has 0 fully saturated rings. The number of benzene rings is 2. The maximum atomic E-state index is 13.1. The average Bonchev–Trinajstić information content (AvgIpc) is 2.65. The lowest BCUT2D eigenvalue weighted by atomic mass is 10.1. The Balaban J connectivity index is 2.31. The normalized spacial score (nSPS) is 11.8. The molecule has 0 heterocycles. The molecule has 0 aliphatic carbocycles. The fourth-order valence-corrected chi connectivity index (χ4v) is 3.10. The molecule has 0 aliphatic rings. The zero-order valence-electron chi connectivity index (χ0n) is 17.2. The van der Waals surface area contributed by atoms with Crippen LogP contribution in [0.5, 0.6) is 0 Å². The van der Waals surface area contributed by atoms with Crippen LogP contribution in [-0.4, -0.2) is 33.7 Å². The number of nitrogens with zero attached hydrogens (tertiary/aromatic N) is 2. The number of aryl methyl sites for hydroxylation is 1. The van der Waals surface area contributed by atoms with Crippen molar-refractivity contribution in [3.8, 4) is 0 Å². The number of nitro benzene ring substituents is 1. The third-order valence-corrected chi connectivity index (χ3v) is 4.56. The van der Waals surface area contributed by atoms with Gasteiger partial charge in [-0.05, 0) is 33.3 Å². The van der Waals surface area contributed by atoms with Crippen LogP contribution in [0, 0.1) is 17.0 Å². The van der Waals surface area contributed by atoms with Crippen molar-refractivity contribution in [1.29, 1.82) is 0 Å². The van der Waals surface area contributed by atoms with Gasteiger partial charge in [-0.3, -0.25) is 19.7 Å². The second kappa shape index (κ2) is 9.82. The zero-order valence-corrected chi connectivity index (χ0v) is 17.2. The second-order valence-electron chi connectivity index (χ2n) is 7.41. The summed E-state index contributed by atoms with van der Waals surface area (Å²) in [7, 11) is 0. The molecule has 0 unspecified atom stereocenters. The van der Waals surface area contributed by atoms with E-state index in [2.05, 4.69) is 5.32 Å². The van der Waals surface area contributed by atoms with E-state index in [0.717, 1.165) is 11.1 Å². The lowest BCUT2D eigenvalue weighted by molar-refractivity contribution is -0.385. The van der Waals surface area contributed by atoms with Gasteiger partial charge in [-0.25, -0.2) is 0 Å². The van der Waals surface area contributed by atoms with Crippen LogP contribution in [0.3, 0.4) is 0 Å². The van der Waals surface area contributed by atoms with Gasteiger partial charge in [-0.1, -0.05) is 48.0 Å². The van der Waals surface area contributed by atoms with Crippen molar-refractivity contribution in [2.24, 2.45) is 0 Å². The SMILES string of the molecule is Cc1cccc(CN(C(=O)Cc2ccccc2[N+](=O)[O-])[C@@H](C)C(=O)NC(C)C)c1. The quantitative estimate of drug-likeness (QED) is 0.546. The van der Waals surface area contributed by atoms with Gasteiger partial charge >= 0.3 is 0 Å². The van der Waals surface area contributed by atoms with Gasteiger partial charge in [0, 0.05) is 24.2 Å². The lowest BCUT2D eigenvalue weighted by Crippen LogP contribution is -2.49. The zero-order chi connectivity index (χ0) is 21.6. The summed E-state index contributed by atoms with van der Waals surface area (Å²) < 4.78 is 0. The average molecular weight is 397 g/mol. The molecule has 29 heavy (non-hydrogen) atoms. The summed E-state index contributed by atoms with van der Waals surface area (Å²) in [6, 6.07) is 13.1. The number of amides is 2. The van der Waals surface area contributed by atoms with Crippen molar-refractivity contribution in [2.75, 3.05) is 0 Å². The van der Waals surface area contributed by atoms with Crippen LogP contribution < -0.4 is 5.32 Å². The fraction of sp³-hybridized carbons (Fsp3) is 0.364. The number of hydrogen-bond donors (Lipinski definition) is 1. The number of para-hydroxylation sites is 1. The van der Waals surface area contributed by atoms with Crippen molar-refractivity contribution in [3.05, 3.63) is 75.3 Å². The van der Waals surface area contributed by atoms with Crippen molar-refractivity contribution in [3.63, 3.8) is 0 Å². The molecule has 0 aromatic heterocycles. The van der Waals surface area contributed by atoms with Crippen LogP contribution in [-0.2, 0) is 22.6 Å². The summed E-state index contributed by atoms with van der Waals surface area (Å²) in [6.45, 7) is 7.58. The Labute approximate surface area is 170 Å². The van der Waals surface area contributed by atoms with Gasteiger partial charge in [0.15, 0.2) is 0 Å². The first-order chi connectivity index (χ1) is 13.7. The molecule has 0 radical (unpaired) electrons. The topological polar surface area (TPSA) is 92.6 Å². The number of nitrogens with one attached hydrogen (secondary N) is 1. The van der Waals surface area contributed by atoms with E-state index in [4.69, 9.17) is 0 Å². The van der Waals surface area contributed by atoms with E-state index in [9.17, 15) is 19.7 Å². The van der Waals surface area contributed by atoms with E-state index < -0.39 is 11.0 Å². The van der Waals surface area contributed by atoms with Gasteiger partial charge in [0.2, 0.25) is 11.8 Å². The van der Waals surface area contributed by atoms with Gasteiger partial charge in [-0.15, -0.1) is 0 Å². The summed E-state index contributed by atoms with van der Waals surface area (Å²) in [4.78, 5) is 38.0. The maximum Gasteiger partial charge on any atom is 0.273 e. The third-order valence-electron chi connectivity index (χ3n) is 4.56. The molecule has 7 nitrogen and oxygen atoms in total. The van der Waals surface area contributed by atoms with E-state index >= 15 is 0 Å². The standard InChI is InChI=1S/C22H27N3O4/c1-15(2)23-22(27)17(4)24(14-18-9-7-8-16(3)12-18)21(26)13-19-10-5-6-11-20(19)25(28)29/h5-12,15,17H,13-14H2,1-4H3,(H,23,27)/t17-/m0/s1. The van der Waals surface area contributed by atoms with Crippen molar-refractivity contribution >= 4 is 17.5 Å². The van der Waals surface area contributed by atoms with Crippen molar-refractivity contribution < 1.29 is 14.5 Å². The maximum absolute atomic E-state index is 13.1. The summed E-state index contributed by atoms with van der Waals surface area (Å²) in [5.74, 6) is -0.601. The fourth-order valence-electron chi connectivity index (χ4n) is 3.10. The Hall–Kier alpha value is -3.22. The van der Waals surface area contributed by atoms with Crippen LogP contribution in [0.15, 0.2) is 48.5 Å². The summed E-state index contributed by atoms with van der Waals surface area (Å²) >= 11 is 0. The molecule has 0 spiro atoms. The van der Waals surface area contributed by atoms with Crippen LogP contribution in [0.4, 0.5) is 5.69 Å². The highest BCUT2D eigenvalue weighted by Crippen LogP contribution is 2.20. The minimum atomic E-state index is -0.715. The molecule has 0 bridgehead atoms. The molecule has 1 N–H and O–H groups in total. The number of carbonyl (C=O) groups is 2. The van der Waals surface area contributed by atoms with E-state index in [-0.39, 0.29) is 36.5 Å². The Morgan fingerprint density at radius 3 is 2.41 bits per heavy atom. The first kappa shape index (κ1) is 22.1. The van der Waals surface area contributed by atoms with Gasteiger partial charge in [0.25, 0.3) is 5.69 Å². The monoisotopic (exact) mass is 397 g/mol. The van der Waals surface area contributed by atoms with Crippen molar-refractivity contribution in [1.82, 2.24) is 10.2 Å². The van der Waals surface area contributed by atoms with Crippen LogP contribution >= 0.6 is 0 Å². The summed E-state index contributed by atoms with van der Waals surface area (Å²) in [5.41, 5.74) is 2.17. The lowest BCUT2D eigenvalue weighted by Gasteiger charge is -2.29. The van der Waals surface area contributed by atoms with Gasteiger partial charge in [0.05, 0.1) is 11.3 Å². The Kier molecular flexibility index (Phi) is 7.47. The molecule has 2 aromatic rings. The molecule has 2 amide bonds. The summed E-state index contributed by atoms with van der Waals surface area (Å²) in [5, 5.41) is 14.1. The summed E-state index contributed by atoms with van der Waals surface area (Å²) in [6.07, 6.45) is -0.151. The van der Waals surface area contributed by atoms with E-state index in [1.54, 1.807) is 25.1 Å². The molecule has 2 aromatic carbocycles. The number of rotatable bonds is 8. The number of carbonyl (C=O) groups excluding carboxylic acids is 2. The second-order valence-corrected chi connectivity index (χ2v) is 7.41.